The van der Waals surface area contributed by atoms with Crippen molar-refractivity contribution >= 4 is 11.5 Å². The minimum atomic E-state index is 0.337. The van der Waals surface area contributed by atoms with Gasteiger partial charge in [0.1, 0.15) is 23.5 Å². The van der Waals surface area contributed by atoms with Crippen molar-refractivity contribution in [3.63, 3.8) is 0 Å². The third-order valence-electron chi connectivity index (χ3n) is 2.52. The Bertz CT molecular complexity index is 555. The number of methoxy groups -OCH3 is 1. The van der Waals surface area contributed by atoms with Crippen molar-refractivity contribution in [3.8, 4) is 17.4 Å². The van der Waals surface area contributed by atoms with Gasteiger partial charge in [0.25, 0.3) is 0 Å². The molecule has 1 heterocycles. The van der Waals surface area contributed by atoms with Gasteiger partial charge >= 0.3 is 0 Å². The van der Waals surface area contributed by atoms with Crippen molar-refractivity contribution in [1.29, 1.82) is 0 Å². The lowest BCUT2D eigenvalue weighted by atomic mass is 10.3. The number of benzene rings is 1. The first-order valence-electron chi connectivity index (χ1n) is 5.71. The van der Waals surface area contributed by atoms with Gasteiger partial charge in [-0.1, -0.05) is 0 Å². The number of nitrogens with zero attached hydrogens (tertiary/aromatic N) is 3. The molecule has 0 atom stereocenters. The second-order valence-corrected chi connectivity index (χ2v) is 4.09. The summed E-state index contributed by atoms with van der Waals surface area (Å²) in [5.74, 6) is 2.36. The summed E-state index contributed by atoms with van der Waals surface area (Å²) in [6, 6.07) is 7.19. The molecular weight excluding hydrogens is 244 g/mol. The normalized spacial score (nSPS) is 10.1. The Labute approximate surface area is 111 Å². The Morgan fingerprint density at radius 3 is 2.26 bits per heavy atom. The van der Waals surface area contributed by atoms with Crippen LogP contribution in [0.15, 0.2) is 30.6 Å². The molecule has 2 N–H and O–H groups in total. The number of nitrogens with two attached hydrogens (primary N) is 1. The summed E-state index contributed by atoms with van der Waals surface area (Å²) in [6.45, 7) is 0. The van der Waals surface area contributed by atoms with Gasteiger partial charge in [0.05, 0.1) is 7.11 Å². The van der Waals surface area contributed by atoms with Gasteiger partial charge in [0.2, 0.25) is 5.88 Å². The molecule has 0 aliphatic carbocycles. The highest BCUT2D eigenvalue weighted by molar-refractivity contribution is 5.67. The molecule has 2 rings (SSSR count). The first-order chi connectivity index (χ1) is 9.11. The van der Waals surface area contributed by atoms with Crippen LogP contribution in [0.4, 0.5) is 11.5 Å². The van der Waals surface area contributed by atoms with Crippen LogP contribution >= 0.6 is 0 Å². The number of hydrogen-bond acceptors (Lipinski definition) is 6. The molecule has 0 aliphatic rings. The molecule has 6 nitrogen and oxygen atoms in total. The van der Waals surface area contributed by atoms with Crippen molar-refractivity contribution in [2.45, 2.75) is 0 Å². The average molecular weight is 260 g/mol. The van der Waals surface area contributed by atoms with Gasteiger partial charge in [-0.25, -0.2) is 4.98 Å². The molecule has 0 bridgehead atoms. The minimum absolute atomic E-state index is 0.337. The van der Waals surface area contributed by atoms with E-state index in [1.54, 1.807) is 36.3 Å². The SMILES string of the molecule is COc1ccc(Oc2ncnc(N(C)C)c2N)cc1. The van der Waals surface area contributed by atoms with E-state index in [1.807, 2.05) is 14.1 Å². The van der Waals surface area contributed by atoms with E-state index in [1.165, 1.54) is 6.33 Å². The van der Waals surface area contributed by atoms with E-state index in [0.717, 1.165) is 5.75 Å². The molecule has 0 amide bonds. The number of anilines is 2. The lowest BCUT2D eigenvalue weighted by Gasteiger charge is -2.15. The molecule has 0 fully saturated rings. The predicted octanol–water partition coefficient (Wildman–Crippen LogP) is 1.93. The minimum Gasteiger partial charge on any atom is -0.497 e. The number of rotatable bonds is 4. The maximum atomic E-state index is 5.97. The Morgan fingerprint density at radius 2 is 1.68 bits per heavy atom. The molecule has 19 heavy (non-hydrogen) atoms. The molecular formula is C13H16N4O2. The van der Waals surface area contributed by atoms with Crippen LogP contribution in [0.1, 0.15) is 0 Å². The quantitative estimate of drug-likeness (QED) is 0.905. The zero-order valence-corrected chi connectivity index (χ0v) is 11.1. The topological polar surface area (TPSA) is 73.5 Å². The lowest BCUT2D eigenvalue weighted by molar-refractivity contribution is 0.412. The molecule has 6 heteroatoms. The standard InChI is InChI=1S/C13H16N4O2/c1-17(2)12-11(14)13(16-8-15-12)19-10-6-4-9(18-3)5-7-10/h4-8H,14H2,1-3H3. The van der Waals surface area contributed by atoms with Crippen molar-refractivity contribution in [2.24, 2.45) is 0 Å². The fourth-order valence-electron chi connectivity index (χ4n) is 1.56. The third-order valence-corrected chi connectivity index (χ3v) is 2.52. The molecule has 2 aromatic rings. The van der Waals surface area contributed by atoms with Gasteiger partial charge in [-0.3, -0.25) is 0 Å². The molecule has 100 valence electrons. The predicted molar refractivity (Wildman–Crippen MR) is 73.8 cm³/mol. The van der Waals surface area contributed by atoms with Gasteiger partial charge in [0.15, 0.2) is 5.82 Å². The second kappa shape index (κ2) is 5.43. The van der Waals surface area contributed by atoms with Crippen molar-refractivity contribution in [1.82, 2.24) is 9.97 Å². The van der Waals surface area contributed by atoms with E-state index >= 15 is 0 Å². The van der Waals surface area contributed by atoms with Gasteiger partial charge in [-0.05, 0) is 24.3 Å². The Hall–Kier alpha value is -2.50. The van der Waals surface area contributed by atoms with Crippen LogP contribution in [-0.2, 0) is 0 Å². The van der Waals surface area contributed by atoms with Gasteiger partial charge in [0, 0.05) is 14.1 Å². The summed E-state index contributed by atoms with van der Waals surface area (Å²) in [6.07, 6.45) is 1.42. The van der Waals surface area contributed by atoms with Crippen LogP contribution in [0.5, 0.6) is 17.4 Å². The molecule has 0 saturated carbocycles. The van der Waals surface area contributed by atoms with Crippen LogP contribution < -0.4 is 20.1 Å². The molecule has 0 unspecified atom stereocenters. The van der Waals surface area contributed by atoms with E-state index in [2.05, 4.69) is 9.97 Å². The van der Waals surface area contributed by atoms with Crippen LogP contribution in [0.25, 0.3) is 0 Å². The number of ether oxygens (including phenoxy) is 2. The summed E-state index contributed by atoms with van der Waals surface area (Å²) < 4.78 is 10.7. The fraction of sp³-hybridized carbons (Fsp3) is 0.231. The molecule has 0 aliphatic heterocycles. The Balaban J connectivity index is 2.25. The molecule has 0 saturated heterocycles. The fourth-order valence-corrected chi connectivity index (χ4v) is 1.56. The Kier molecular flexibility index (Phi) is 3.70. The molecule has 1 aromatic carbocycles. The molecule has 1 aromatic heterocycles. The summed E-state index contributed by atoms with van der Waals surface area (Å²) in [5, 5.41) is 0. The number of nitrogen functional groups attached to an aromatic ring is 1. The summed E-state index contributed by atoms with van der Waals surface area (Å²) in [7, 11) is 5.33. The summed E-state index contributed by atoms with van der Waals surface area (Å²) in [5.41, 5.74) is 6.38. The first-order valence-corrected chi connectivity index (χ1v) is 5.71. The number of aromatic nitrogens is 2. The van der Waals surface area contributed by atoms with Crippen molar-refractivity contribution in [3.05, 3.63) is 30.6 Å². The largest absolute Gasteiger partial charge is 0.497 e. The smallest absolute Gasteiger partial charge is 0.248 e. The van der Waals surface area contributed by atoms with Crippen LogP contribution in [-0.4, -0.2) is 31.2 Å². The maximum absolute atomic E-state index is 5.97. The van der Waals surface area contributed by atoms with Gasteiger partial charge in [-0.15, -0.1) is 0 Å². The highest BCUT2D eigenvalue weighted by Crippen LogP contribution is 2.30. The monoisotopic (exact) mass is 260 g/mol. The maximum Gasteiger partial charge on any atom is 0.248 e. The summed E-state index contributed by atoms with van der Waals surface area (Å²) >= 11 is 0. The Morgan fingerprint density at radius 1 is 1.05 bits per heavy atom. The van der Waals surface area contributed by atoms with Crippen LogP contribution in [0.2, 0.25) is 0 Å². The van der Waals surface area contributed by atoms with E-state index in [-0.39, 0.29) is 0 Å². The van der Waals surface area contributed by atoms with E-state index in [4.69, 9.17) is 15.2 Å². The van der Waals surface area contributed by atoms with E-state index in [9.17, 15) is 0 Å². The van der Waals surface area contributed by atoms with Crippen molar-refractivity contribution in [2.75, 3.05) is 31.8 Å². The highest BCUT2D eigenvalue weighted by Gasteiger charge is 2.11. The third kappa shape index (κ3) is 2.85. The van der Waals surface area contributed by atoms with Gasteiger partial charge in [-0.2, -0.15) is 4.98 Å². The van der Waals surface area contributed by atoms with Crippen molar-refractivity contribution < 1.29 is 9.47 Å². The van der Waals surface area contributed by atoms with E-state index < -0.39 is 0 Å². The summed E-state index contributed by atoms with van der Waals surface area (Å²) in [4.78, 5) is 9.94. The molecule has 0 radical (unpaired) electrons. The molecule has 0 spiro atoms. The zero-order chi connectivity index (χ0) is 13.8. The first kappa shape index (κ1) is 12.9. The lowest BCUT2D eigenvalue weighted by Crippen LogP contribution is -2.14. The zero-order valence-electron chi connectivity index (χ0n) is 11.1. The second-order valence-electron chi connectivity index (χ2n) is 4.09. The van der Waals surface area contributed by atoms with E-state index in [0.29, 0.717) is 23.1 Å². The van der Waals surface area contributed by atoms with Crippen LogP contribution in [0, 0.1) is 0 Å². The van der Waals surface area contributed by atoms with Crippen LogP contribution in [0.3, 0.4) is 0 Å². The van der Waals surface area contributed by atoms with Gasteiger partial charge < -0.3 is 20.1 Å². The highest BCUT2D eigenvalue weighted by atomic mass is 16.5. The average Bonchev–Trinajstić information content (AvgIpc) is 2.41. The number of hydrogen-bond donors (Lipinski definition) is 1.